The number of hydrogen-bond donors (Lipinski definition) is 2. The summed E-state index contributed by atoms with van der Waals surface area (Å²) in [5, 5.41) is 0. The lowest BCUT2D eigenvalue weighted by Crippen LogP contribution is -2.30. The van der Waals surface area contributed by atoms with E-state index in [1.54, 1.807) is 6.07 Å². The molecule has 0 atom stereocenters. The second-order valence-electron chi connectivity index (χ2n) is 3.09. The molecule has 0 fully saturated rings. The number of carbonyl (C=O) groups is 1. The lowest BCUT2D eigenvalue weighted by molar-refractivity contribution is 0.0534. The van der Waals surface area contributed by atoms with Crippen molar-refractivity contribution < 1.29 is 13.9 Å². The van der Waals surface area contributed by atoms with Crippen LogP contribution >= 0.6 is 0 Å². The van der Waals surface area contributed by atoms with Crippen LogP contribution in [0.1, 0.15) is 30.0 Å². The zero-order chi connectivity index (χ0) is 10.6. The van der Waals surface area contributed by atoms with Crippen LogP contribution in [0.4, 0.5) is 0 Å². The average molecular weight is 198 g/mol. The van der Waals surface area contributed by atoms with Crippen LogP contribution in [0, 0.1) is 0 Å². The first-order valence-electron chi connectivity index (χ1n) is 4.34. The molecule has 0 saturated carbocycles. The van der Waals surface area contributed by atoms with Crippen molar-refractivity contribution >= 4 is 5.91 Å². The van der Waals surface area contributed by atoms with Crippen LogP contribution in [0.25, 0.3) is 0 Å². The lowest BCUT2D eigenvalue weighted by atomic mass is 10.2. The minimum absolute atomic E-state index is 0.0916. The lowest BCUT2D eigenvalue weighted by Gasteiger charge is -2.06. The van der Waals surface area contributed by atoms with Gasteiger partial charge in [0.25, 0.3) is 5.91 Å². The number of ether oxygens (including phenoxy) is 1. The van der Waals surface area contributed by atoms with Crippen LogP contribution in [0.5, 0.6) is 0 Å². The van der Waals surface area contributed by atoms with E-state index in [2.05, 4.69) is 0 Å². The van der Waals surface area contributed by atoms with Crippen molar-refractivity contribution in [1.29, 1.82) is 0 Å². The van der Waals surface area contributed by atoms with Crippen molar-refractivity contribution in [3.8, 4) is 0 Å². The Kier molecular flexibility index (Phi) is 3.67. The Balaban J connectivity index is 2.67. The van der Waals surface area contributed by atoms with Crippen molar-refractivity contribution in [3.05, 3.63) is 23.7 Å². The fraction of sp³-hybridized carbons (Fsp3) is 0.444. The van der Waals surface area contributed by atoms with Crippen LogP contribution in [0.2, 0.25) is 0 Å². The molecule has 78 valence electrons. The zero-order valence-electron chi connectivity index (χ0n) is 8.24. The molecule has 0 spiro atoms. The Morgan fingerprint density at radius 1 is 1.71 bits per heavy atom. The van der Waals surface area contributed by atoms with E-state index < -0.39 is 0 Å². The van der Waals surface area contributed by atoms with Gasteiger partial charge in [0, 0.05) is 0 Å². The number of furan rings is 1. The Bertz CT molecular complexity index is 307. The fourth-order valence-corrected chi connectivity index (χ4v) is 0.975. The molecule has 5 heteroatoms. The molecular formula is C9H14N2O3. The molecule has 0 aromatic carbocycles. The highest BCUT2D eigenvalue weighted by Gasteiger charge is 2.13. The van der Waals surface area contributed by atoms with E-state index in [1.165, 1.54) is 6.26 Å². The summed E-state index contributed by atoms with van der Waals surface area (Å²) in [6, 6.07) is 1.56. The number of rotatable bonds is 4. The molecule has 0 aliphatic carbocycles. The van der Waals surface area contributed by atoms with E-state index >= 15 is 0 Å². The van der Waals surface area contributed by atoms with E-state index in [9.17, 15) is 4.79 Å². The molecule has 14 heavy (non-hydrogen) atoms. The van der Waals surface area contributed by atoms with Gasteiger partial charge in [0.15, 0.2) is 0 Å². The maximum Gasteiger partial charge on any atom is 0.268 e. The summed E-state index contributed by atoms with van der Waals surface area (Å²) in [4.78, 5) is 11.2. The smallest absolute Gasteiger partial charge is 0.268 e. The molecule has 1 aromatic rings. The summed E-state index contributed by atoms with van der Waals surface area (Å²) in [5.41, 5.74) is 2.45. The number of hydrazine groups is 1. The summed E-state index contributed by atoms with van der Waals surface area (Å²) in [6.45, 7) is 4.09. The van der Waals surface area contributed by atoms with Crippen LogP contribution in [-0.4, -0.2) is 12.0 Å². The van der Waals surface area contributed by atoms with Gasteiger partial charge in [-0.25, -0.2) is 5.84 Å². The van der Waals surface area contributed by atoms with Crippen molar-refractivity contribution in [2.45, 2.75) is 26.6 Å². The highest BCUT2D eigenvalue weighted by Crippen LogP contribution is 2.12. The third-order valence-corrected chi connectivity index (χ3v) is 1.67. The number of amides is 1. The predicted octanol–water partition coefficient (Wildman–Crippen LogP) is 0.808. The Labute approximate surface area is 82.2 Å². The number of nitrogen functional groups attached to an aromatic ring is 1. The van der Waals surface area contributed by atoms with Crippen LogP contribution in [0.3, 0.4) is 0 Å². The zero-order valence-corrected chi connectivity index (χ0v) is 8.24. The van der Waals surface area contributed by atoms with Gasteiger partial charge in [-0.2, -0.15) is 0 Å². The molecule has 1 aromatic heterocycles. The molecule has 1 amide bonds. The second kappa shape index (κ2) is 4.78. The Morgan fingerprint density at radius 3 is 3.00 bits per heavy atom. The molecule has 0 radical (unpaired) electrons. The highest BCUT2D eigenvalue weighted by atomic mass is 16.5. The van der Waals surface area contributed by atoms with Gasteiger partial charge in [0.1, 0.15) is 12.4 Å². The number of hydrogen-bond acceptors (Lipinski definition) is 4. The Morgan fingerprint density at radius 2 is 2.43 bits per heavy atom. The second-order valence-corrected chi connectivity index (χ2v) is 3.09. The Hall–Kier alpha value is -1.33. The number of nitrogens with two attached hydrogens (primary N) is 1. The van der Waals surface area contributed by atoms with Crippen molar-refractivity contribution in [3.63, 3.8) is 0 Å². The van der Waals surface area contributed by atoms with Crippen LogP contribution in [-0.2, 0) is 11.3 Å². The number of carbonyl (C=O) groups excluding carboxylic acids is 1. The van der Waals surface area contributed by atoms with Crippen molar-refractivity contribution in [2.24, 2.45) is 5.84 Å². The molecule has 0 aliphatic heterocycles. The molecule has 1 rings (SSSR count). The topological polar surface area (TPSA) is 77.5 Å². The summed E-state index contributed by atoms with van der Waals surface area (Å²) < 4.78 is 10.4. The summed E-state index contributed by atoms with van der Waals surface area (Å²) >= 11 is 0. The first-order chi connectivity index (χ1) is 6.65. The standard InChI is InChI=1S/C9H14N2O3/c1-6(2)14-5-8-7(3-4-13-8)9(12)11-10/h3-4,6H,5,10H2,1-2H3,(H,11,12). The van der Waals surface area contributed by atoms with Gasteiger partial charge >= 0.3 is 0 Å². The quantitative estimate of drug-likeness (QED) is 0.426. The summed E-state index contributed by atoms with van der Waals surface area (Å²) in [6.07, 6.45) is 1.53. The normalized spacial score (nSPS) is 10.6. The van der Waals surface area contributed by atoms with E-state index in [1.807, 2.05) is 19.3 Å². The molecule has 0 saturated heterocycles. The van der Waals surface area contributed by atoms with E-state index in [0.717, 1.165) is 0 Å². The SMILES string of the molecule is CC(C)OCc1occc1C(=O)NN. The molecule has 1 heterocycles. The van der Waals surface area contributed by atoms with E-state index in [-0.39, 0.29) is 18.6 Å². The minimum Gasteiger partial charge on any atom is -0.466 e. The van der Waals surface area contributed by atoms with Gasteiger partial charge in [0.05, 0.1) is 17.9 Å². The van der Waals surface area contributed by atoms with Gasteiger partial charge in [-0.1, -0.05) is 0 Å². The third kappa shape index (κ3) is 2.58. The van der Waals surface area contributed by atoms with Crippen molar-refractivity contribution in [2.75, 3.05) is 0 Å². The van der Waals surface area contributed by atoms with Crippen molar-refractivity contribution in [1.82, 2.24) is 5.43 Å². The largest absolute Gasteiger partial charge is 0.466 e. The van der Waals surface area contributed by atoms with Gasteiger partial charge in [-0.3, -0.25) is 10.2 Å². The maximum atomic E-state index is 11.2. The predicted molar refractivity (Wildman–Crippen MR) is 50.3 cm³/mol. The molecule has 5 nitrogen and oxygen atoms in total. The minimum atomic E-state index is -0.374. The highest BCUT2D eigenvalue weighted by molar-refractivity contribution is 5.94. The van der Waals surface area contributed by atoms with Gasteiger partial charge in [-0.05, 0) is 19.9 Å². The maximum absolute atomic E-state index is 11.2. The van der Waals surface area contributed by atoms with Crippen LogP contribution in [0.15, 0.2) is 16.7 Å². The van der Waals surface area contributed by atoms with E-state index in [4.69, 9.17) is 15.0 Å². The molecular weight excluding hydrogens is 184 g/mol. The number of nitrogens with one attached hydrogen (secondary N) is 1. The van der Waals surface area contributed by atoms with Gasteiger partial charge < -0.3 is 9.15 Å². The molecule has 0 aliphatic rings. The van der Waals surface area contributed by atoms with Gasteiger partial charge in [0.2, 0.25) is 0 Å². The first kappa shape index (κ1) is 10.7. The first-order valence-corrected chi connectivity index (χ1v) is 4.34. The average Bonchev–Trinajstić information content (AvgIpc) is 2.61. The summed E-state index contributed by atoms with van der Waals surface area (Å²) in [5.74, 6) is 5.12. The van der Waals surface area contributed by atoms with Crippen LogP contribution < -0.4 is 11.3 Å². The van der Waals surface area contributed by atoms with E-state index in [0.29, 0.717) is 11.3 Å². The summed E-state index contributed by atoms with van der Waals surface area (Å²) in [7, 11) is 0. The third-order valence-electron chi connectivity index (χ3n) is 1.67. The van der Waals surface area contributed by atoms with Gasteiger partial charge in [-0.15, -0.1) is 0 Å². The fourth-order valence-electron chi connectivity index (χ4n) is 0.975. The monoisotopic (exact) mass is 198 g/mol. The molecule has 0 bridgehead atoms. The molecule has 3 N–H and O–H groups in total. The molecule has 0 unspecified atom stereocenters.